The van der Waals surface area contributed by atoms with Crippen LogP contribution < -0.4 is 0 Å². The van der Waals surface area contributed by atoms with E-state index in [1.807, 2.05) is 6.07 Å². The van der Waals surface area contributed by atoms with E-state index < -0.39 is 11.9 Å². The summed E-state index contributed by atoms with van der Waals surface area (Å²) >= 11 is 0. The van der Waals surface area contributed by atoms with Crippen molar-refractivity contribution >= 4 is 0 Å². The van der Waals surface area contributed by atoms with Crippen LogP contribution in [0.2, 0.25) is 0 Å². The van der Waals surface area contributed by atoms with Gasteiger partial charge in [0.25, 0.3) is 0 Å². The highest BCUT2D eigenvalue weighted by molar-refractivity contribution is 5.80. The molecular formula is C20H11F3N4O. The van der Waals surface area contributed by atoms with Gasteiger partial charge in [-0.05, 0) is 24.3 Å². The van der Waals surface area contributed by atoms with Crippen LogP contribution in [0.5, 0.6) is 0 Å². The highest BCUT2D eigenvalue weighted by Gasteiger charge is 2.41. The predicted octanol–water partition coefficient (Wildman–Crippen LogP) is 5.08. The molecule has 0 saturated carbocycles. The van der Waals surface area contributed by atoms with Crippen LogP contribution in [-0.2, 0) is 6.18 Å². The lowest BCUT2D eigenvalue weighted by Crippen LogP contribution is -2.05. The first kappa shape index (κ1) is 17.5. The maximum Gasteiger partial charge on any atom is 0.453 e. The first-order chi connectivity index (χ1) is 13.5. The number of alkyl halides is 3. The van der Waals surface area contributed by atoms with E-state index in [0.29, 0.717) is 16.8 Å². The molecule has 0 spiro atoms. The van der Waals surface area contributed by atoms with E-state index in [4.69, 9.17) is 5.26 Å². The summed E-state index contributed by atoms with van der Waals surface area (Å²) in [5.41, 5.74) is 1.56. The van der Waals surface area contributed by atoms with E-state index in [1.54, 1.807) is 59.2 Å². The van der Waals surface area contributed by atoms with Gasteiger partial charge in [0.1, 0.15) is 5.69 Å². The Hall–Kier alpha value is -3.86. The normalized spacial score (nSPS) is 11.4. The van der Waals surface area contributed by atoms with Gasteiger partial charge >= 0.3 is 6.18 Å². The fourth-order valence-corrected chi connectivity index (χ4v) is 2.82. The molecule has 0 amide bonds. The van der Waals surface area contributed by atoms with Gasteiger partial charge in [-0.25, -0.2) is 4.98 Å². The fraction of sp³-hybridized carbons (Fsp3) is 0.0500. The molecule has 2 heterocycles. The Morgan fingerprint density at radius 1 is 1.00 bits per heavy atom. The Kier molecular flexibility index (Phi) is 4.20. The molecule has 4 aromatic rings. The summed E-state index contributed by atoms with van der Waals surface area (Å²) in [6.07, 6.45) is -1.85. The highest BCUT2D eigenvalue weighted by Crippen LogP contribution is 2.42. The number of benzene rings is 2. The molecule has 0 fully saturated rings. The maximum absolute atomic E-state index is 13.5. The minimum absolute atomic E-state index is 0.0676. The van der Waals surface area contributed by atoms with Gasteiger partial charge in [-0.1, -0.05) is 35.5 Å². The van der Waals surface area contributed by atoms with Crippen molar-refractivity contribution in [3.05, 3.63) is 78.4 Å². The molecule has 0 radical (unpaired) electrons. The third kappa shape index (κ3) is 3.14. The molecule has 0 aliphatic rings. The SMILES string of the molecule is N#Cc1ccc(-n2cnc(-c3c(-c4ccccc4)noc3C(F)(F)F)c2)cc1. The van der Waals surface area contributed by atoms with Crippen molar-refractivity contribution in [1.82, 2.24) is 14.7 Å². The molecule has 8 heteroatoms. The van der Waals surface area contributed by atoms with Crippen molar-refractivity contribution in [3.63, 3.8) is 0 Å². The molecule has 2 aromatic heterocycles. The second kappa shape index (κ2) is 6.70. The smallest absolute Gasteiger partial charge is 0.350 e. The number of imidazole rings is 1. The van der Waals surface area contributed by atoms with Crippen LogP contribution in [-0.4, -0.2) is 14.7 Å². The van der Waals surface area contributed by atoms with E-state index in [9.17, 15) is 13.2 Å². The van der Waals surface area contributed by atoms with E-state index in [0.717, 1.165) is 0 Å². The third-order valence-electron chi connectivity index (χ3n) is 4.13. The van der Waals surface area contributed by atoms with Gasteiger partial charge in [0.2, 0.25) is 5.76 Å². The fourth-order valence-electron chi connectivity index (χ4n) is 2.82. The Balaban J connectivity index is 1.84. The molecule has 0 saturated heterocycles. The largest absolute Gasteiger partial charge is 0.453 e. The average Bonchev–Trinajstić information content (AvgIpc) is 3.35. The van der Waals surface area contributed by atoms with Crippen molar-refractivity contribution in [2.24, 2.45) is 0 Å². The lowest BCUT2D eigenvalue weighted by molar-refractivity contribution is -0.154. The molecule has 0 N–H and O–H groups in total. The van der Waals surface area contributed by atoms with Gasteiger partial charge in [-0.15, -0.1) is 0 Å². The summed E-state index contributed by atoms with van der Waals surface area (Å²) in [6, 6.07) is 17.1. The standard InChI is InChI=1S/C20H11F3N4O/c21-20(22,23)19-17(18(26-28-19)14-4-2-1-3-5-14)16-11-27(12-25-16)15-8-6-13(10-24)7-9-15/h1-9,11-12H. The summed E-state index contributed by atoms with van der Waals surface area (Å²) in [5.74, 6) is -1.20. The van der Waals surface area contributed by atoms with Crippen molar-refractivity contribution in [2.45, 2.75) is 6.18 Å². The first-order valence-electron chi connectivity index (χ1n) is 8.14. The molecule has 4 rings (SSSR count). The molecule has 0 unspecified atom stereocenters. The number of rotatable bonds is 3. The third-order valence-corrected chi connectivity index (χ3v) is 4.13. The monoisotopic (exact) mass is 380 g/mol. The zero-order valence-corrected chi connectivity index (χ0v) is 14.2. The van der Waals surface area contributed by atoms with Crippen molar-refractivity contribution in [1.29, 1.82) is 5.26 Å². The topological polar surface area (TPSA) is 67.6 Å². The molecule has 0 bridgehead atoms. The summed E-state index contributed by atoms with van der Waals surface area (Å²) < 4.78 is 46.7. The molecule has 0 aliphatic heterocycles. The number of halogens is 3. The number of hydrogen-bond donors (Lipinski definition) is 0. The summed E-state index contributed by atoms with van der Waals surface area (Å²) in [6.45, 7) is 0. The van der Waals surface area contributed by atoms with Gasteiger partial charge in [-0.3, -0.25) is 0 Å². The van der Waals surface area contributed by atoms with Crippen LogP contribution in [0.1, 0.15) is 11.3 Å². The van der Waals surface area contributed by atoms with Gasteiger partial charge in [0, 0.05) is 17.4 Å². The summed E-state index contributed by atoms with van der Waals surface area (Å²) in [4.78, 5) is 4.14. The highest BCUT2D eigenvalue weighted by atomic mass is 19.4. The Morgan fingerprint density at radius 2 is 1.71 bits per heavy atom. The second-order valence-corrected chi connectivity index (χ2v) is 5.92. The lowest BCUT2D eigenvalue weighted by atomic mass is 10.0. The first-order valence-corrected chi connectivity index (χ1v) is 8.14. The average molecular weight is 380 g/mol. The maximum atomic E-state index is 13.5. The van der Waals surface area contributed by atoms with Crippen LogP contribution in [0.25, 0.3) is 28.2 Å². The number of nitriles is 1. The molecule has 0 aliphatic carbocycles. The van der Waals surface area contributed by atoms with E-state index >= 15 is 0 Å². The minimum Gasteiger partial charge on any atom is -0.350 e. The zero-order valence-electron chi connectivity index (χ0n) is 14.2. The van der Waals surface area contributed by atoms with E-state index in [1.165, 1.54) is 12.5 Å². The molecule has 0 atom stereocenters. The number of aromatic nitrogens is 3. The van der Waals surface area contributed by atoms with Crippen molar-refractivity contribution < 1.29 is 17.7 Å². The molecule has 5 nitrogen and oxygen atoms in total. The molecular weight excluding hydrogens is 369 g/mol. The Bertz CT molecular complexity index is 1150. The van der Waals surface area contributed by atoms with Gasteiger partial charge in [0.05, 0.1) is 29.2 Å². The van der Waals surface area contributed by atoms with Crippen molar-refractivity contribution in [2.75, 3.05) is 0 Å². The Morgan fingerprint density at radius 3 is 2.36 bits per heavy atom. The molecule has 2 aromatic carbocycles. The van der Waals surface area contributed by atoms with Crippen LogP contribution in [0, 0.1) is 11.3 Å². The van der Waals surface area contributed by atoms with Gasteiger partial charge < -0.3 is 9.09 Å². The van der Waals surface area contributed by atoms with Crippen LogP contribution in [0.15, 0.2) is 71.6 Å². The van der Waals surface area contributed by atoms with Crippen molar-refractivity contribution in [3.8, 4) is 34.3 Å². The minimum atomic E-state index is -4.71. The van der Waals surface area contributed by atoms with Gasteiger partial charge in [0.15, 0.2) is 0 Å². The number of nitrogens with zero attached hydrogens (tertiary/aromatic N) is 4. The van der Waals surface area contributed by atoms with E-state index in [-0.39, 0.29) is 17.0 Å². The second-order valence-electron chi connectivity index (χ2n) is 5.92. The molecule has 138 valence electrons. The number of hydrogen-bond acceptors (Lipinski definition) is 4. The summed E-state index contributed by atoms with van der Waals surface area (Å²) in [5, 5.41) is 12.5. The van der Waals surface area contributed by atoms with Crippen LogP contribution in [0.3, 0.4) is 0 Å². The van der Waals surface area contributed by atoms with Crippen LogP contribution >= 0.6 is 0 Å². The summed E-state index contributed by atoms with van der Waals surface area (Å²) in [7, 11) is 0. The molecule has 28 heavy (non-hydrogen) atoms. The van der Waals surface area contributed by atoms with Crippen LogP contribution in [0.4, 0.5) is 13.2 Å². The van der Waals surface area contributed by atoms with E-state index in [2.05, 4.69) is 14.7 Å². The Labute approximate surface area is 157 Å². The lowest BCUT2D eigenvalue weighted by Gasteiger charge is -2.05. The predicted molar refractivity (Wildman–Crippen MR) is 94.2 cm³/mol. The van der Waals surface area contributed by atoms with Gasteiger partial charge in [-0.2, -0.15) is 18.4 Å². The quantitative estimate of drug-likeness (QED) is 0.497. The zero-order chi connectivity index (χ0) is 19.7.